The van der Waals surface area contributed by atoms with Gasteiger partial charge in [0, 0.05) is 41.3 Å². The Hall–Kier alpha value is -3.09. The maximum Gasteiger partial charge on any atom is 0.317 e. The number of hydrogen-bond acceptors (Lipinski definition) is 3. The highest BCUT2D eigenvalue weighted by Gasteiger charge is 2.19. The Morgan fingerprint density at radius 2 is 2.24 bits per heavy atom. The summed E-state index contributed by atoms with van der Waals surface area (Å²) in [5.74, 6) is -0.317. The first-order chi connectivity index (χ1) is 12.2. The molecule has 25 heavy (non-hydrogen) atoms. The van der Waals surface area contributed by atoms with Crippen LogP contribution < -0.4 is 5.32 Å². The SMILES string of the molecule is O=C(NCc1cc2cc(F)c(/C=C/c3ccon3)cc2[nH]1)N1CCC1. The Bertz CT molecular complexity index is 926. The van der Waals surface area contributed by atoms with E-state index in [4.69, 9.17) is 4.52 Å². The third kappa shape index (κ3) is 3.26. The maximum atomic E-state index is 14.2. The molecular formula is C18H17FN4O2. The molecule has 0 unspecified atom stereocenters. The van der Waals surface area contributed by atoms with Crippen molar-refractivity contribution in [2.75, 3.05) is 13.1 Å². The Kier molecular flexibility index (Phi) is 3.97. The monoisotopic (exact) mass is 340 g/mol. The van der Waals surface area contributed by atoms with Crippen LogP contribution in [0.2, 0.25) is 0 Å². The van der Waals surface area contributed by atoms with E-state index in [1.54, 1.807) is 29.2 Å². The minimum absolute atomic E-state index is 0.0627. The second-order valence-corrected chi connectivity index (χ2v) is 6.01. The largest absolute Gasteiger partial charge is 0.364 e. The summed E-state index contributed by atoms with van der Waals surface area (Å²) >= 11 is 0. The van der Waals surface area contributed by atoms with Crippen LogP contribution in [0.15, 0.2) is 35.1 Å². The van der Waals surface area contributed by atoms with Crippen molar-refractivity contribution < 1.29 is 13.7 Å². The van der Waals surface area contributed by atoms with Gasteiger partial charge in [-0.3, -0.25) is 0 Å². The summed E-state index contributed by atoms with van der Waals surface area (Å²) in [5.41, 5.74) is 2.73. The topological polar surface area (TPSA) is 74.2 Å². The Morgan fingerprint density at radius 1 is 1.36 bits per heavy atom. The van der Waals surface area contributed by atoms with Crippen molar-refractivity contribution in [2.45, 2.75) is 13.0 Å². The van der Waals surface area contributed by atoms with Crippen molar-refractivity contribution in [2.24, 2.45) is 0 Å². The molecule has 1 aliphatic heterocycles. The zero-order valence-electron chi connectivity index (χ0n) is 13.5. The number of halogens is 1. The number of carbonyl (C=O) groups excluding carboxylic acids is 1. The number of hydrogen-bond donors (Lipinski definition) is 2. The van der Waals surface area contributed by atoms with Gasteiger partial charge in [0.05, 0.1) is 6.54 Å². The molecule has 2 N–H and O–H groups in total. The lowest BCUT2D eigenvalue weighted by Gasteiger charge is -2.30. The average Bonchev–Trinajstić information content (AvgIpc) is 3.17. The molecule has 3 aromatic rings. The Labute approximate surface area is 143 Å². The molecule has 7 heteroatoms. The van der Waals surface area contributed by atoms with Crippen molar-refractivity contribution >= 4 is 29.1 Å². The molecule has 0 bridgehead atoms. The fourth-order valence-electron chi connectivity index (χ4n) is 2.74. The van der Waals surface area contributed by atoms with Crippen LogP contribution >= 0.6 is 0 Å². The highest BCUT2D eigenvalue weighted by atomic mass is 19.1. The summed E-state index contributed by atoms with van der Waals surface area (Å²) < 4.78 is 19.0. The third-order valence-corrected chi connectivity index (χ3v) is 4.26. The van der Waals surface area contributed by atoms with Gasteiger partial charge in [-0.25, -0.2) is 9.18 Å². The highest BCUT2D eigenvalue weighted by molar-refractivity contribution is 5.84. The molecule has 3 heterocycles. The first-order valence-electron chi connectivity index (χ1n) is 8.11. The molecule has 0 spiro atoms. The van der Waals surface area contributed by atoms with E-state index < -0.39 is 0 Å². The maximum absolute atomic E-state index is 14.2. The van der Waals surface area contributed by atoms with Gasteiger partial charge >= 0.3 is 6.03 Å². The molecule has 1 saturated heterocycles. The number of urea groups is 1. The van der Waals surface area contributed by atoms with Crippen LogP contribution in [0.5, 0.6) is 0 Å². The lowest BCUT2D eigenvalue weighted by atomic mass is 10.1. The molecule has 0 radical (unpaired) electrons. The van der Waals surface area contributed by atoms with Crippen LogP contribution in [0, 0.1) is 5.82 Å². The summed E-state index contributed by atoms with van der Waals surface area (Å²) in [6.07, 6.45) is 5.86. The lowest BCUT2D eigenvalue weighted by molar-refractivity contribution is 0.167. The Morgan fingerprint density at radius 3 is 2.96 bits per heavy atom. The standard InChI is InChI=1S/C18H17FN4O2/c19-16-9-13-8-15(11-20-18(24)23-5-1-6-23)21-17(13)10-12(16)2-3-14-4-7-25-22-14/h2-4,7-10,21H,1,5-6,11H2,(H,20,24)/b3-2+. The number of aromatic amines is 1. The number of benzene rings is 1. The fourth-order valence-corrected chi connectivity index (χ4v) is 2.74. The Balaban J connectivity index is 1.50. The van der Waals surface area contributed by atoms with E-state index >= 15 is 0 Å². The van der Waals surface area contributed by atoms with E-state index in [9.17, 15) is 9.18 Å². The summed E-state index contributed by atoms with van der Waals surface area (Å²) in [7, 11) is 0. The number of amides is 2. The first kappa shape index (κ1) is 15.4. The predicted molar refractivity (Wildman–Crippen MR) is 92.1 cm³/mol. The van der Waals surface area contributed by atoms with E-state index in [1.807, 2.05) is 6.07 Å². The van der Waals surface area contributed by atoms with E-state index in [2.05, 4.69) is 15.5 Å². The van der Waals surface area contributed by atoms with Crippen LogP contribution in [0.3, 0.4) is 0 Å². The number of fused-ring (bicyclic) bond motifs is 1. The number of nitrogens with zero attached hydrogens (tertiary/aromatic N) is 2. The van der Waals surface area contributed by atoms with Gasteiger partial charge in [0.15, 0.2) is 0 Å². The number of likely N-dealkylation sites (tertiary alicyclic amines) is 1. The number of nitrogens with one attached hydrogen (secondary N) is 2. The van der Waals surface area contributed by atoms with E-state index in [-0.39, 0.29) is 11.8 Å². The van der Waals surface area contributed by atoms with Gasteiger partial charge in [-0.1, -0.05) is 5.16 Å². The average molecular weight is 340 g/mol. The normalized spacial score (nSPS) is 14.2. The predicted octanol–water partition coefficient (Wildman–Crippen LogP) is 3.38. The van der Waals surface area contributed by atoms with Crippen molar-refractivity contribution in [1.29, 1.82) is 0 Å². The van der Waals surface area contributed by atoms with Crippen LogP contribution in [0.1, 0.15) is 23.4 Å². The zero-order chi connectivity index (χ0) is 17.2. The molecule has 1 aromatic carbocycles. The quantitative estimate of drug-likeness (QED) is 0.764. The lowest BCUT2D eigenvalue weighted by Crippen LogP contribution is -2.47. The van der Waals surface area contributed by atoms with Crippen molar-refractivity contribution in [3.63, 3.8) is 0 Å². The molecule has 0 atom stereocenters. The molecule has 2 amide bonds. The van der Waals surface area contributed by atoms with Crippen LogP contribution in [-0.4, -0.2) is 34.2 Å². The molecule has 1 fully saturated rings. The van der Waals surface area contributed by atoms with Crippen LogP contribution in [-0.2, 0) is 6.54 Å². The van der Waals surface area contributed by atoms with Gasteiger partial charge in [-0.2, -0.15) is 0 Å². The van der Waals surface area contributed by atoms with Crippen molar-refractivity contribution in [3.8, 4) is 0 Å². The van der Waals surface area contributed by atoms with E-state index in [1.165, 1.54) is 12.3 Å². The molecule has 1 aliphatic rings. The molecule has 2 aromatic heterocycles. The van der Waals surface area contributed by atoms with Gasteiger partial charge < -0.3 is 19.7 Å². The smallest absolute Gasteiger partial charge is 0.317 e. The van der Waals surface area contributed by atoms with Gasteiger partial charge in [-0.05, 0) is 36.8 Å². The summed E-state index contributed by atoms with van der Waals surface area (Å²) in [6, 6.07) is 6.70. The summed E-state index contributed by atoms with van der Waals surface area (Å²) in [4.78, 5) is 16.8. The molecular weight excluding hydrogens is 323 g/mol. The zero-order valence-corrected chi connectivity index (χ0v) is 13.5. The third-order valence-electron chi connectivity index (χ3n) is 4.26. The van der Waals surface area contributed by atoms with Gasteiger partial charge in [-0.15, -0.1) is 0 Å². The fraction of sp³-hybridized carbons (Fsp3) is 0.222. The minimum atomic E-state index is -0.317. The van der Waals surface area contributed by atoms with Gasteiger partial charge in [0.1, 0.15) is 17.8 Å². The molecule has 6 nitrogen and oxygen atoms in total. The summed E-state index contributed by atoms with van der Waals surface area (Å²) in [6.45, 7) is 2.01. The van der Waals surface area contributed by atoms with Crippen molar-refractivity contribution in [1.82, 2.24) is 20.4 Å². The van der Waals surface area contributed by atoms with Crippen LogP contribution in [0.25, 0.3) is 23.1 Å². The van der Waals surface area contributed by atoms with Gasteiger partial charge in [0.25, 0.3) is 0 Å². The molecule has 0 aliphatic carbocycles. The minimum Gasteiger partial charge on any atom is -0.364 e. The second kappa shape index (κ2) is 6.43. The first-order valence-corrected chi connectivity index (χ1v) is 8.11. The highest BCUT2D eigenvalue weighted by Crippen LogP contribution is 2.22. The van der Waals surface area contributed by atoms with E-state index in [0.29, 0.717) is 17.8 Å². The number of H-pyrrole nitrogens is 1. The molecule has 128 valence electrons. The van der Waals surface area contributed by atoms with E-state index in [0.717, 1.165) is 36.1 Å². The molecule has 0 saturated carbocycles. The summed E-state index contributed by atoms with van der Waals surface area (Å²) in [5, 5.41) is 7.39. The van der Waals surface area contributed by atoms with Gasteiger partial charge in [0.2, 0.25) is 0 Å². The molecule has 4 rings (SSSR count). The van der Waals surface area contributed by atoms with Crippen LogP contribution in [0.4, 0.5) is 9.18 Å². The van der Waals surface area contributed by atoms with Crippen molar-refractivity contribution in [3.05, 3.63) is 53.3 Å². The number of aromatic nitrogens is 2. The number of rotatable bonds is 4. The number of carbonyl (C=O) groups is 1. The second-order valence-electron chi connectivity index (χ2n) is 6.01.